The minimum absolute atomic E-state index is 0.0606. The van der Waals surface area contributed by atoms with E-state index in [0.717, 1.165) is 29.0 Å². The van der Waals surface area contributed by atoms with Crippen molar-refractivity contribution < 1.29 is 9.47 Å². The van der Waals surface area contributed by atoms with Crippen molar-refractivity contribution in [1.29, 1.82) is 0 Å². The molecule has 1 rings (SSSR count). The Hall–Kier alpha value is -1.13. The summed E-state index contributed by atoms with van der Waals surface area (Å²) in [5, 5.41) is 3.38. The Balaban J connectivity index is 3.07. The molecule has 0 aromatic carbocycles. The SMILES string of the molecule is CNC(Cc1ncc(C)c(OC)c1C)C(OC)C(C)(C)C. The van der Waals surface area contributed by atoms with Gasteiger partial charge in [0.05, 0.1) is 13.2 Å². The molecule has 2 unspecified atom stereocenters. The van der Waals surface area contributed by atoms with Crippen molar-refractivity contribution in [3.8, 4) is 5.75 Å². The van der Waals surface area contributed by atoms with Gasteiger partial charge in [0.2, 0.25) is 0 Å². The van der Waals surface area contributed by atoms with Gasteiger partial charge in [-0.2, -0.15) is 0 Å². The normalized spacial score (nSPS) is 14.9. The summed E-state index contributed by atoms with van der Waals surface area (Å²) in [6.07, 6.45) is 2.80. The van der Waals surface area contributed by atoms with Crippen molar-refractivity contribution in [3.05, 3.63) is 23.0 Å². The van der Waals surface area contributed by atoms with E-state index in [9.17, 15) is 0 Å². The number of hydrogen-bond donors (Lipinski definition) is 1. The fourth-order valence-corrected chi connectivity index (χ4v) is 2.97. The molecule has 0 bridgehead atoms. The van der Waals surface area contributed by atoms with E-state index < -0.39 is 0 Å². The van der Waals surface area contributed by atoms with Crippen LogP contribution in [-0.4, -0.2) is 38.4 Å². The number of ether oxygens (including phenoxy) is 2. The molecule has 4 nitrogen and oxygen atoms in total. The van der Waals surface area contributed by atoms with Crippen LogP contribution in [0.2, 0.25) is 0 Å². The van der Waals surface area contributed by atoms with Crippen LogP contribution in [-0.2, 0) is 11.2 Å². The maximum absolute atomic E-state index is 5.74. The van der Waals surface area contributed by atoms with Crippen molar-refractivity contribution in [2.24, 2.45) is 5.41 Å². The highest BCUT2D eigenvalue weighted by molar-refractivity contribution is 5.41. The van der Waals surface area contributed by atoms with Crippen LogP contribution in [0, 0.1) is 19.3 Å². The number of aryl methyl sites for hydroxylation is 1. The molecule has 1 aromatic rings. The van der Waals surface area contributed by atoms with Gasteiger partial charge in [-0.15, -0.1) is 0 Å². The Bertz CT molecular complexity index is 467. The fraction of sp³-hybridized carbons (Fsp3) is 0.706. The Labute approximate surface area is 129 Å². The van der Waals surface area contributed by atoms with Gasteiger partial charge < -0.3 is 14.8 Å². The summed E-state index contributed by atoms with van der Waals surface area (Å²) >= 11 is 0. The molecule has 0 aliphatic carbocycles. The van der Waals surface area contributed by atoms with Gasteiger partial charge in [-0.3, -0.25) is 4.98 Å². The number of likely N-dealkylation sites (N-methyl/N-ethyl adjacent to an activating group) is 1. The minimum atomic E-state index is 0.0606. The molecule has 1 heterocycles. The monoisotopic (exact) mass is 294 g/mol. The van der Waals surface area contributed by atoms with Crippen LogP contribution in [0.1, 0.15) is 37.6 Å². The van der Waals surface area contributed by atoms with Crippen LogP contribution < -0.4 is 10.1 Å². The van der Waals surface area contributed by atoms with Gasteiger partial charge in [-0.05, 0) is 26.3 Å². The lowest BCUT2D eigenvalue weighted by atomic mass is 9.82. The molecular formula is C17H30N2O2. The van der Waals surface area contributed by atoms with Gasteiger partial charge in [-0.25, -0.2) is 0 Å². The first-order valence-electron chi connectivity index (χ1n) is 7.45. The van der Waals surface area contributed by atoms with Gasteiger partial charge >= 0.3 is 0 Å². The van der Waals surface area contributed by atoms with Crippen molar-refractivity contribution in [2.45, 2.75) is 53.2 Å². The Morgan fingerprint density at radius 1 is 1.24 bits per heavy atom. The molecule has 21 heavy (non-hydrogen) atoms. The molecule has 2 atom stereocenters. The average Bonchev–Trinajstić information content (AvgIpc) is 2.40. The lowest BCUT2D eigenvalue weighted by Crippen LogP contribution is -2.47. The molecule has 0 saturated carbocycles. The molecule has 0 fully saturated rings. The summed E-state index contributed by atoms with van der Waals surface area (Å²) in [4.78, 5) is 4.60. The molecule has 0 spiro atoms. The van der Waals surface area contributed by atoms with E-state index in [4.69, 9.17) is 9.47 Å². The van der Waals surface area contributed by atoms with Crippen LogP contribution in [0.25, 0.3) is 0 Å². The average molecular weight is 294 g/mol. The number of aromatic nitrogens is 1. The molecule has 1 N–H and O–H groups in total. The zero-order valence-corrected chi connectivity index (χ0v) is 14.7. The zero-order chi connectivity index (χ0) is 16.2. The van der Waals surface area contributed by atoms with E-state index >= 15 is 0 Å². The predicted octanol–water partition coefficient (Wildman–Crippen LogP) is 2.90. The Morgan fingerprint density at radius 2 is 1.86 bits per heavy atom. The first-order chi connectivity index (χ1) is 9.76. The highest BCUT2D eigenvalue weighted by Gasteiger charge is 2.32. The maximum atomic E-state index is 5.74. The molecular weight excluding hydrogens is 264 g/mol. The van der Waals surface area contributed by atoms with Gasteiger partial charge in [0.1, 0.15) is 5.75 Å². The van der Waals surface area contributed by atoms with Gasteiger partial charge in [0.25, 0.3) is 0 Å². The smallest absolute Gasteiger partial charge is 0.128 e. The molecule has 0 radical (unpaired) electrons. The largest absolute Gasteiger partial charge is 0.496 e. The van der Waals surface area contributed by atoms with Crippen LogP contribution in [0.4, 0.5) is 0 Å². The summed E-state index contributed by atoms with van der Waals surface area (Å²) in [5.41, 5.74) is 3.30. The third kappa shape index (κ3) is 4.17. The highest BCUT2D eigenvalue weighted by atomic mass is 16.5. The first kappa shape index (κ1) is 17.9. The van der Waals surface area contributed by atoms with E-state index in [1.54, 1.807) is 14.2 Å². The molecule has 120 valence electrons. The van der Waals surface area contributed by atoms with Crippen molar-refractivity contribution >= 4 is 0 Å². The van der Waals surface area contributed by atoms with E-state index in [2.05, 4.69) is 38.0 Å². The number of pyridine rings is 1. The van der Waals surface area contributed by atoms with E-state index in [1.165, 1.54) is 0 Å². The molecule has 0 aliphatic rings. The standard InChI is InChI=1S/C17H30N2O2/c1-11-10-19-13(12(2)15(11)20-7)9-14(18-6)16(21-8)17(3,4)5/h10,14,16,18H,9H2,1-8H3. The van der Waals surface area contributed by atoms with Crippen LogP contribution in [0.3, 0.4) is 0 Å². The topological polar surface area (TPSA) is 43.4 Å². The highest BCUT2D eigenvalue weighted by Crippen LogP contribution is 2.29. The summed E-state index contributed by atoms with van der Waals surface area (Å²) in [7, 11) is 5.46. The summed E-state index contributed by atoms with van der Waals surface area (Å²) in [6.45, 7) is 10.7. The lowest BCUT2D eigenvalue weighted by molar-refractivity contribution is -0.00946. The second-order valence-corrected chi connectivity index (χ2v) is 6.67. The molecule has 0 amide bonds. The quantitative estimate of drug-likeness (QED) is 0.876. The van der Waals surface area contributed by atoms with E-state index in [-0.39, 0.29) is 17.6 Å². The van der Waals surface area contributed by atoms with Crippen molar-refractivity contribution in [3.63, 3.8) is 0 Å². The summed E-state index contributed by atoms with van der Waals surface area (Å²) in [5.74, 6) is 0.930. The van der Waals surface area contributed by atoms with Crippen LogP contribution in [0.5, 0.6) is 5.75 Å². The lowest BCUT2D eigenvalue weighted by Gasteiger charge is -2.36. The molecule has 4 heteroatoms. The Kier molecular flexibility index (Phi) is 6.17. The first-order valence-corrected chi connectivity index (χ1v) is 7.45. The number of rotatable bonds is 6. The minimum Gasteiger partial charge on any atom is -0.496 e. The number of nitrogens with one attached hydrogen (secondary N) is 1. The zero-order valence-electron chi connectivity index (χ0n) is 14.7. The van der Waals surface area contributed by atoms with E-state index in [0.29, 0.717) is 0 Å². The number of nitrogens with zero attached hydrogens (tertiary/aromatic N) is 1. The van der Waals surface area contributed by atoms with Crippen LogP contribution in [0.15, 0.2) is 6.20 Å². The molecule has 0 aliphatic heterocycles. The van der Waals surface area contributed by atoms with Crippen LogP contribution >= 0.6 is 0 Å². The third-order valence-corrected chi connectivity index (χ3v) is 4.01. The van der Waals surface area contributed by atoms with Crippen molar-refractivity contribution in [1.82, 2.24) is 10.3 Å². The maximum Gasteiger partial charge on any atom is 0.128 e. The van der Waals surface area contributed by atoms with Gasteiger partial charge in [0, 0.05) is 42.6 Å². The molecule has 1 aromatic heterocycles. The molecule has 0 saturated heterocycles. The summed E-state index contributed by atoms with van der Waals surface area (Å²) < 4.78 is 11.2. The van der Waals surface area contributed by atoms with Gasteiger partial charge in [0.15, 0.2) is 0 Å². The fourth-order valence-electron chi connectivity index (χ4n) is 2.97. The third-order valence-electron chi connectivity index (χ3n) is 4.01. The summed E-state index contributed by atoms with van der Waals surface area (Å²) in [6, 6.07) is 0.202. The van der Waals surface area contributed by atoms with Gasteiger partial charge in [-0.1, -0.05) is 20.8 Å². The number of hydrogen-bond acceptors (Lipinski definition) is 4. The number of methoxy groups -OCH3 is 2. The Morgan fingerprint density at radius 3 is 2.29 bits per heavy atom. The second kappa shape index (κ2) is 7.23. The predicted molar refractivity (Wildman–Crippen MR) is 87.1 cm³/mol. The van der Waals surface area contributed by atoms with Crippen molar-refractivity contribution in [2.75, 3.05) is 21.3 Å². The van der Waals surface area contributed by atoms with E-state index in [1.807, 2.05) is 20.2 Å². The second-order valence-electron chi connectivity index (χ2n) is 6.67.